The Morgan fingerprint density at radius 3 is 2.16 bits per heavy atom. The van der Waals surface area contributed by atoms with Gasteiger partial charge in [0.2, 0.25) is 0 Å². The lowest BCUT2D eigenvalue weighted by molar-refractivity contribution is -0.149. The molecule has 2 aromatic rings. The van der Waals surface area contributed by atoms with Gasteiger partial charge >= 0.3 is 5.97 Å². The van der Waals surface area contributed by atoms with E-state index in [1.54, 1.807) is 54.6 Å². The fourth-order valence-electron chi connectivity index (χ4n) is 1.88. The number of Topliss-reactive ketones (excluding diaryl/α,β-unsaturated/α-hetero) is 1. The van der Waals surface area contributed by atoms with Crippen molar-refractivity contribution in [1.82, 2.24) is 0 Å². The molecule has 0 aliphatic rings. The van der Waals surface area contributed by atoms with Crippen LogP contribution in [-0.4, -0.2) is 31.1 Å². The van der Waals surface area contributed by atoms with Crippen molar-refractivity contribution in [2.75, 3.05) is 14.2 Å². The summed E-state index contributed by atoms with van der Waals surface area (Å²) < 4.78 is 9.45. The summed E-state index contributed by atoms with van der Waals surface area (Å²) in [4.78, 5) is 23.7. The summed E-state index contributed by atoms with van der Waals surface area (Å²) >= 11 is 0. The molecule has 128 valence electrons. The second-order valence-electron chi connectivity index (χ2n) is 4.78. The van der Waals surface area contributed by atoms with Crippen LogP contribution in [0.3, 0.4) is 0 Å². The number of carbonyl (C=O) groups excluding carboxylic acids is 2. The predicted octanol–water partition coefficient (Wildman–Crippen LogP) is 3.45. The lowest BCUT2D eigenvalue weighted by Gasteiger charge is -2.04. The van der Waals surface area contributed by atoms with E-state index in [0.29, 0.717) is 17.0 Å². The first kappa shape index (κ1) is 17.9. The molecule has 0 saturated carbocycles. The zero-order valence-electron chi connectivity index (χ0n) is 13.7. The first-order chi connectivity index (χ1) is 12.1. The number of hydrogen-bond donors (Lipinski definition) is 1. The smallest absolute Gasteiger partial charge is 0.381 e. The van der Waals surface area contributed by atoms with Crippen LogP contribution in [0.2, 0.25) is 0 Å². The van der Waals surface area contributed by atoms with Gasteiger partial charge in [-0.2, -0.15) is 5.11 Å². The molecule has 0 unspecified atom stereocenters. The summed E-state index contributed by atoms with van der Waals surface area (Å²) in [6.07, 6.45) is 0. The van der Waals surface area contributed by atoms with Gasteiger partial charge in [0.15, 0.2) is 11.5 Å². The van der Waals surface area contributed by atoms with Gasteiger partial charge in [0.1, 0.15) is 5.75 Å². The monoisotopic (exact) mass is 340 g/mol. The van der Waals surface area contributed by atoms with Gasteiger partial charge in [-0.3, -0.25) is 4.79 Å². The molecule has 0 aliphatic heterocycles. The van der Waals surface area contributed by atoms with Crippen LogP contribution >= 0.6 is 0 Å². The van der Waals surface area contributed by atoms with Crippen LogP contribution in [0.25, 0.3) is 5.76 Å². The molecule has 0 saturated heterocycles. The van der Waals surface area contributed by atoms with Crippen LogP contribution in [-0.2, 0) is 14.3 Å². The van der Waals surface area contributed by atoms with Gasteiger partial charge in [-0.1, -0.05) is 30.3 Å². The van der Waals surface area contributed by atoms with Crippen LogP contribution in [0.4, 0.5) is 5.69 Å². The number of azo groups is 1. The molecule has 25 heavy (non-hydrogen) atoms. The number of methoxy groups -OCH3 is 2. The number of nitrogens with zero attached hydrogens (tertiary/aromatic N) is 2. The molecule has 0 heterocycles. The highest BCUT2D eigenvalue weighted by molar-refractivity contribution is 6.41. The van der Waals surface area contributed by atoms with E-state index >= 15 is 0 Å². The fraction of sp³-hybridized carbons (Fsp3) is 0.111. The lowest BCUT2D eigenvalue weighted by Crippen LogP contribution is -2.18. The van der Waals surface area contributed by atoms with E-state index in [-0.39, 0.29) is 0 Å². The van der Waals surface area contributed by atoms with Gasteiger partial charge in [-0.05, 0) is 24.3 Å². The lowest BCUT2D eigenvalue weighted by atomic mass is 10.1. The van der Waals surface area contributed by atoms with Gasteiger partial charge in [0.05, 0.1) is 19.9 Å². The zero-order valence-corrected chi connectivity index (χ0v) is 13.7. The van der Waals surface area contributed by atoms with Crippen molar-refractivity contribution in [1.29, 1.82) is 0 Å². The summed E-state index contributed by atoms with van der Waals surface area (Å²) in [7, 11) is 2.60. The Morgan fingerprint density at radius 2 is 1.60 bits per heavy atom. The Balaban J connectivity index is 2.42. The number of esters is 1. The highest BCUT2D eigenvalue weighted by Gasteiger charge is 2.24. The number of ether oxygens (including phenoxy) is 2. The van der Waals surface area contributed by atoms with Crippen LogP contribution in [0.5, 0.6) is 5.75 Å². The van der Waals surface area contributed by atoms with Gasteiger partial charge in [0.25, 0.3) is 5.78 Å². The van der Waals surface area contributed by atoms with Crippen molar-refractivity contribution in [2.24, 2.45) is 10.2 Å². The van der Waals surface area contributed by atoms with E-state index in [4.69, 9.17) is 4.74 Å². The standard InChI is InChI=1S/C18H16N2O5/c1-24-14-10-8-13(9-11-14)19-20-15(17(22)18(23)25-2)16(21)12-6-4-3-5-7-12/h3-11,21H,1-2H3. The Morgan fingerprint density at radius 1 is 0.960 bits per heavy atom. The van der Waals surface area contributed by atoms with E-state index in [9.17, 15) is 14.7 Å². The van der Waals surface area contributed by atoms with Crippen molar-refractivity contribution in [2.45, 2.75) is 0 Å². The van der Waals surface area contributed by atoms with E-state index in [1.165, 1.54) is 7.11 Å². The Kier molecular flexibility index (Phi) is 6.00. The molecule has 0 bridgehead atoms. The molecule has 0 aliphatic carbocycles. The SMILES string of the molecule is COC(=O)C(=O)C(N=Nc1ccc(OC)cc1)=C(O)c1ccccc1. The zero-order chi connectivity index (χ0) is 18.2. The normalized spacial score (nSPS) is 11.8. The summed E-state index contributed by atoms with van der Waals surface area (Å²) in [5.41, 5.74) is 0.231. The molecule has 0 aromatic heterocycles. The second-order valence-corrected chi connectivity index (χ2v) is 4.78. The maximum absolute atomic E-state index is 12.1. The highest BCUT2D eigenvalue weighted by Crippen LogP contribution is 2.22. The summed E-state index contributed by atoms with van der Waals surface area (Å²) in [6.45, 7) is 0. The van der Waals surface area contributed by atoms with Gasteiger partial charge < -0.3 is 14.6 Å². The maximum atomic E-state index is 12.1. The predicted molar refractivity (Wildman–Crippen MR) is 90.5 cm³/mol. The summed E-state index contributed by atoms with van der Waals surface area (Å²) in [5, 5.41) is 18.0. The second kappa shape index (κ2) is 8.39. The highest BCUT2D eigenvalue weighted by atomic mass is 16.5. The van der Waals surface area contributed by atoms with Gasteiger partial charge in [-0.25, -0.2) is 4.79 Å². The Labute approximate surface area is 144 Å². The molecule has 0 fully saturated rings. The molecular formula is C18H16N2O5. The molecule has 7 heteroatoms. The van der Waals surface area contributed by atoms with E-state index < -0.39 is 23.2 Å². The Hall–Kier alpha value is -3.48. The molecule has 2 aromatic carbocycles. The minimum absolute atomic E-state index is 0.323. The number of ketones is 1. The molecule has 0 amide bonds. The number of rotatable bonds is 6. The first-order valence-electron chi connectivity index (χ1n) is 7.24. The van der Waals surface area contributed by atoms with Crippen molar-refractivity contribution >= 4 is 23.2 Å². The van der Waals surface area contributed by atoms with Crippen molar-refractivity contribution in [3.05, 3.63) is 65.9 Å². The molecular weight excluding hydrogens is 324 g/mol. The van der Waals surface area contributed by atoms with Gasteiger partial charge in [0, 0.05) is 5.56 Å². The number of hydrogen-bond acceptors (Lipinski definition) is 7. The summed E-state index contributed by atoms with van der Waals surface area (Å²) in [6, 6.07) is 14.8. The van der Waals surface area contributed by atoms with E-state index in [0.717, 1.165) is 7.11 Å². The van der Waals surface area contributed by atoms with Crippen molar-refractivity contribution in [3.63, 3.8) is 0 Å². The number of carbonyl (C=O) groups is 2. The molecule has 0 radical (unpaired) electrons. The topological polar surface area (TPSA) is 97.6 Å². The largest absolute Gasteiger partial charge is 0.505 e. The molecule has 2 rings (SSSR count). The Bertz CT molecular complexity index is 811. The molecule has 1 N–H and O–H groups in total. The average Bonchev–Trinajstić information content (AvgIpc) is 2.68. The van der Waals surface area contributed by atoms with Crippen LogP contribution in [0.15, 0.2) is 70.5 Å². The fourth-order valence-corrected chi connectivity index (χ4v) is 1.88. The molecule has 0 spiro atoms. The van der Waals surface area contributed by atoms with Crippen LogP contribution in [0.1, 0.15) is 5.56 Å². The third-order valence-electron chi connectivity index (χ3n) is 3.20. The minimum atomic E-state index is -1.15. The van der Waals surface area contributed by atoms with Crippen molar-refractivity contribution in [3.8, 4) is 5.75 Å². The first-order valence-corrected chi connectivity index (χ1v) is 7.24. The third-order valence-corrected chi connectivity index (χ3v) is 3.20. The third kappa shape index (κ3) is 4.51. The van der Waals surface area contributed by atoms with Gasteiger partial charge in [-0.15, -0.1) is 5.11 Å². The number of aliphatic hydroxyl groups excluding tert-OH is 1. The van der Waals surface area contributed by atoms with E-state index in [2.05, 4.69) is 15.0 Å². The van der Waals surface area contributed by atoms with E-state index in [1.807, 2.05) is 0 Å². The van der Waals surface area contributed by atoms with Crippen LogP contribution < -0.4 is 4.74 Å². The average molecular weight is 340 g/mol. The number of benzene rings is 2. The van der Waals surface area contributed by atoms with Crippen molar-refractivity contribution < 1.29 is 24.2 Å². The molecule has 0 atom stereocenters. The quantitative estimate of drug-likeness (QED) is 0.285. The molecule has 7 nitrogen and oxygen atoms in total. The minimum Gasteiger partial charge on any atom is -0.505 e. The van der Waals surface area contributed by atoms with Crippen LogP contribution in [0, 0.1) is 0 Å². The maximum Gasteiger partial charge on any atom is 0.381 e. The summed E-state index contributed by atoms with van der Waals surface area (Å²) in [5.74, 6) is -2.08. The number of aliphatic hydroxyl groups is 1.